The van der Waals surface area contributed by atoms with Crippen molar-refractivity contribution in [1.82, 2.24) is 10.2 Å². The lowest BCUT2D eigenvalue weighted by Gasteiger charge is -2.29. The van der Waals surface area contributed by atoms with Crippen molar-refractivity contribution in [2.45, 2.75) is 19.3 Å². The standard InChI is InChI=1S/C21H31N3O2.HI/c1-22-21(23-11-5-14-25-16-18-10-15-26-17-18)24-12-8-20(9-13-24)19-6-3-2-4-7-19;/h2-4,6-8,18H,5,9-17H2,1H3,(H,22,23);1H. The van der Waals surface area contributed by atoms with Crippen LogP contribution in [0.15, 0.2) is 41.4 Å². The van der Waals surface area contributed by atoms with E-state index in [0.717, 1.165) is 71.3 Å². The van der Waals surface area contributed by atoms with Crippen molar-refractivity contribution < 1.29 is 9.47 Å². The summed E-state index contributed by atoms with van der Waals surface area (Å²) >= 11 is 0. The van der Waals surface area contributed by atoms with Gasteiger partial charge in [0.2, 0.25) is 0 Å². The van der Waals surface area contributed by atoms with Gasteiger partial charge in [-0.15, -0.1) is 24.0 Å². The van der Waals surface area contributed by atoms with Gasteiger partial charge in [-0.3, -0.25) is 4.99 Å². The lowest BCUT2D eigenvalue weighted by atomic mass is 10.00. The number of guanidine groups is 1. The second kappa shape index (κ2) is 12.4. The average Bonchev–Trinajstić information content (AvgIpc) is 3.22. The Kier molecular flexibility index (Phi) is 10.2. The fraction of sp³-hybridized carbons (Fsp3) is 0.571. The highest BCUT2D eigenvalue weighted by Crippen LogP contribution is 2.21. The van der Waals surface area contributed by atoms with Gasteiger partial charge in [-0.1, -0.05) is 36.4 Å². The normalized spacial score (nSPS) is 20.2. The predicted molar refractivity (Wildman–Crippen MR) is 122 cm³/mol. The molecule has 2 aliphatic heterocycles. The molecule has 1 atom stereocenters. The lowest BCUT2D eigenvalue weighted by Crippen LogP contribution is -2.43. The Labute approximate surface area is 180 Å². The van der Waals surface area contributed by atoms with Crippen molar-refractivity contribution in [3.8, 4) is 0 Å². The monoisotopic (exact) mass is 485 g/mol. The number of nitrogens with zero attached hydrogens (tertiary/aromatic N) is 2. The van der Waals surface area contributed by atoms with Crippen LogP contribution >= 0.6 is 24.0 Å². The van der Waals surface area contributed by atoms with Crippen molar-refractivity contribution in [2.24, 2.45) is 10.9 Å². The van der Waals surface area contributed by atoms with Crippen LogP contribution in [-0.2, 0) is 9.47 Å². The summed E-state index contributed by atoms with van der Waals surface area (Å²) in [5.74, 6) is 1.58. The minimum Gasteiger partial charge on any atom is -0.381 e. The van der Waals surface area contributed by atoms with Crippen molar-refractivity contribution in [2.75, 3.05) is 53.1 Å². The molecule has 5 nitrogen and oxygen atoms in total. The van der Waals surface area contributed by atoms with Gasteiger partial charge in [0, 0.05) is 45.8 Å². The maximum absolute atomic E-state index is 5.76. The van der Waals surface area contributed by atoms with Crippen LogP contribution in [0.2, 0.25) is 0 Å². The summed E-state index contributed by atoms with van der Waals surface area (Å²) in [6.07, 6.45) is 5.50. The number of ether oxygens (including phenoxy) is 2. The highest BCUT2D eigenvalue weighted by Gasteiger charge is 2.16. The zero-order valence-corrected chi connectivity index (χ0v) is 18.6. The molecular weight excluding hydrogens is 453 g/mol. The summed E-state index contributed by atoms with van der Waals surface area (Å²) in [5.41, 5.74) is 2.77. The van der Waals surface area contributed by atoms with E-state index in [4.69, 9.17) is 9.47 Å². The first-order valence-corrected chi connectivity index (χ1v) is 9.72. The summed E-state index contributed by atoms with van der Waals surface area (Å²) in [6, 6.07) is 10.6. The summed E-state index contributed by atoms with van der Waals surface area (Å²) < 4.78 is 11.1. The van der Waals surface area contributed by atoms with Crippen LogP contribution in [0.5, 0.6) is 0 Å². The van der Waals surface area contributed by atoms with E-state index in [0.29, 0.717) is 5.92 Å². The molecule has 1 saturated heterocycles. The molecule has 1 aromatic rings. The van der Waals surface area contributed by atoms with Gasteiger partial charge in [0.1, 0.15) is 0 Å². The van der Waals surface area contributed by atoms with E-state index in [9.17, 15) is 0 Å². The van der Waals surface area contributed by atoms with Crippen molar-refractivity contribution >= 4 is 35.5 Å². The maximum Gasteiger partial charge on any atom is 0.193 e. The number of nitrogens with one attached hydrogen (secondary N) is 1. The zero-order chi connectivity index (χ0) is 18.0. The summed E-state index contributed by atoms with van der Waals surface area (Å²) in [4.78, 5) is 6.74. The number of aliphatic imine (C=N–C) groups is 1. The third-order valence-corrected chi connectivity index (χ3v) is 4.99. The van der Waals surface area contributed by atoms with Gasteiger partial charge >= 0.3 is 0 Å². The summed E-state index contributed by atoms with van der Waals surface area (Å²) in [6.45, 7) is 6.16. The molecule has 2 heterocycles. The Balaban J connectivity index is 0.00000261. The summed E-state index contributed by atoms with van der Waals surface area (Å²) in [5, 5.41) is 3.46. The molecule has 0 aliphatic carbocycles. The first-order valence-electron chi connectivity index (χ1n) is 9.72. The molecule has 1 aromatic carbocycles. The second-order valence-corrected chi connectivity index (χ2v) is 6.92. The highest BCUT2D eigenvalue weighted by molar-refractivity contribution is 14.0. The molecule has 6 heteroatoms. The van der Waals surface area contributed by atoms with Gasteiger partial charge in [-0.2, -0.15) is 0 Å². The van der Waals surface area contributed by atoms with Crippen LogP contribution in [0.3, 0.4) is 0 Å². The quantitative estimate of drug-likeness (QED) is 0.278. The molecule has 0 spiro atoms. The lowest BCUT2D eigenvalue weighted by molar-refractivity contribution is 0.0887. The zero-order valence-electron chi connectivity index (χ0n) is 16.2. The molecule has 27 heavy (non-hydrogen) atoms. The van der Waals surface area contributed by atoms with Gasteiger partial charge in [0.25, 0.3) is 0 Å². The van der Waals surface area contributed by atoms with Gasteiger partial charge in [0.15, 0.2) is 5.96 Å². The smallest absolute Gasteiger partial charge is 0.193 e. The van der Waals surface area contributed by atoms with Gasteiger partial charge in [0.05, 0.1) is 13.2 Å². The largest absolute Gasteiger partial charge is 0.381 e. The Morgan fingerprint density at radius 3 is 2.85 bits per heavy atom. The molecule has 0 bridgehead atoms. The van der Waals surface area contributed by atoms with Gasteiger partial charge in [-0.25, -0.2) is 0 Å². The first kappa shape index (κ1) is 22.2. The molecule has 0 radical (unpaired) electrons. The van der Waals surface area contributed by atoms with Crippen LogP contribution < -0.4 is 5.32 Å². The Bertz CT molecular complexity index is 601. The molecule has 0 aromatic heterocycles. The molecule has 150 valence electrons. The number of rotatable bonds is 7. The number of halogens is 1. The van der Waals surface area contributed by atoms with Crippen LogP contribution in [0.1, 0.15) is 24.8 Å². The van der Waals surface area contributed by atoms with E-state index in [1.54, 1.807) is 0 Å². The van der Waals surface area contributed by atoms with E-state index >= 15 is 0 Å². The van der Waals surface area contributed by atoms with Crippen molar-refractivity contribution in [3.63, 3.8) is 0 Å². The van der Waals surface area contributed by atoms with Crippen LogP contribution in [0.4, 0.5) is 0 Å². The van der Waals surface area contributed by atoms with E-state index in [2.05, 4.69) is 51.6 Å². The Morgan fingerprint density at radius 2 is 2.19 bits per heavy atom. The third-order valence-electron chi connectivity index (χ3n) is 4.99. The minimum absolute atomic E-state index is 0. The Hall–Kier alpha value is -1.12. The molecule has 2 aliphatic rings. The minimum atomic E-state index is 0. The van der Waals surface area contributed by atoms with Gasteiger partial charge in [-0.05, 0) is 30.4 Å². The molecule has 1 unspecified atom stereocenters. The summed E-state index contributed by atoms with van der Waals surface area (Å²) in [7, 11) is 1.86. The molecule has 0 saturated carbocycles. The maximum atomic E-state index is 5.76. The molecule has 1 N–H and O–H groups in total. The van der Waals surface area contributed by atoms with Crippen LogP contribution in [0, 0.1) is 5.92 Å². The van der Waals surface area contributed by atoms with Gasteiger partial charge < -0.3 is 19.7 Å². The topological polar surface area (TPSA) is 46.1 Å². The molecular formula is C21H32IN3O2. The van der Waals surface area contributed by atoms with E-state index < -0.39 is 0 Å². The fourth-order valence-corrected chi connectivity index (χ4v) is 3.45. The van der Waals surface area contributed by atoms with E-state index in [1.165, 1.54) is 11.1 Å². The molecule has 3 rings (SSSR count). The predicted octanol–water partition coefficient (Wildman–Crippen LogP) is 3.41. The third kappa shape index (κ3) is 7.08. The van der Waals surface area contributed by atoms with E-state index in [1.807, 2.05) is 7.05 Å². The first-order chi connectivity index (χ1) is 12.9. The number of benzene rings is 1. The molecule has 0 amide bonds. The van der Waals surface area contributed by atoms with E-state index in [-0.39, 0.29) is 24.0 Å². The Morgan fingerprint density at radius 1 is 1.33 bits per heavy atom. The number of hydrogen-bond acceptors (Lipinski definition) is 3. The molecule has 1 fully saturated rings. The second-order valence-electron chi connectivity index (χ2n) is 6.92. The SMILES string of the molecule is CN=C(NCCCOCC1CCOC1)N1CC=C(c2ccccc2)CC1.I. The van der Waals surface area contributed by atoms with Crippen molar-refractivity contribution in [3.05, 3.63) is 42.0 Å². The van der Waals surface area contributed by atoms with Crippen LogP contribution in [0.25, 0.3) is 5.57 Å². The fourth-order valence-electron chi connectivity index (χ4n) is 3.45. The average molecular weight is 485 g/mol. The van der Waals surface area contributed by atoms with Crippen molar-refractivity contribution in [1.29, 1.82) is 0 Å². The van der Waals surface area contributed by atoms with Crippen LogP contribution in [-0.4, -0.2) is 64.0 Å². The highest BCUT2D eigenvalue weighted by atomic mass is 127. The number of hydrogen-bond donors (Lipinski definition) is 1.